The number of aromatic amines is 1. The molecule has 0 bridgehead atoms. The molecule has 1 atom stereocenters. The van der Waals surface area contributed by atoms with E-state index in [0.29, 0.717) is 11.4 Å². The second-order valence-electron chi connectivity index (χ2n) is 4.63. The Bertz CT molecular complexity index is 759. The topological polar surface area (TPSA) is 88.5 Å². The normalized spacial score (nSPS) is 12.5. The molecule has 0 saturated heterocycles. The highest BCUT2D eigenvalue weighted by Gasteiger charge is 2.15. The van der Waals surface area contributed by atoms with Crippen LogP contribution < -0.4 is 5.32 Å². The van der Waals surface area contributed by atoms with Gasteiger partial charge in [-0.1, -0.05) is 0 Å². The predicted octanol–water partition coefficient (Wildman–Crippen LogP) is 1.18. The lowest BCUT2D eigenvalue weighted by atomic mass is 10.1. The average Bonchev–Trinajstić information content (AvgIpc) is 3.05. The van der Waals surface area contributed by atoms with Crippen LogP contribution in [0.1, 0.15) is 29.1 Å². The number of imidazole rings is 1. The van der Waals surface area contributed by atoms with Crippen molar-refractivity contribution in [2.75, 3.05) is 0 Å². The maximum absolute atomic E-state index is 12.2. The SMILES string of the molecule is CC(NC(=O)c1ccc2nc[nH]c2c1)c1nncn1C. The largest absolute Gasteiger partial charge is 0.345 e. The number of fused-ring (bicyclic) bond motifs is 1. The Kier molecular flexibility index (Phi) is 2.94. The lowest BCUT2D eigenvalue weighted by Crippen LogP contribution is -2.28. The number of nitrogens with one attached hydrogen (secondary N) is 2. The van der Waals surface area contributed by atoms with E-state index >= 15 is 0 Å². The predicted molar refractivity (Wildman–Crippen MR) is 73.0 cm³/mol. The van der Waals surface area contributed by atoms with Gasteiger partial charge in [0.15, 0.2) is 5.82 Å². The number of aryl methyl sites for hydroxylation is 1. The quantitative estimate of drug-likeness (QED) is 0.748. The summed E-state index contributed by atoms with van der Waals surface area (Å²) in [7, 11) is 1.84. The summed E-state index contributed by atoms with van der Waals surface area (Å²) in [6.07, 6.45) is 3.21. The summed E-state index contributed by atoms with van der Waals surface area (Å²) in [6.45, 7) is 1.87. The van der Waals surface area contributed by atoms with Gasteiger partial charge >= 0.3 is 0 Å². The fourth-order valence-electron chi connectivity index (χ4n) is 2.11. The molecule has 7 heteroatoms. The lowest BCUT2D eigenvalue weighted by Gasteiger charge is -2.12. The van der Waals surface area contributed by atoms with E-state index in [9.17, 15) is 4.79 Å². The van der Waals surface area contributed by atoms with Crippen molar-refractivity contribution in [1.82, 2.24) is 30.0 Å². The van der Waals surface area contributed by atoms with E-state index in [2.05, 4.69) is 25.5 Å². The summed E-state index contributed by atoms with van der Waals surface area (Å²) in [5.41, 5.74) is 2.25. The van der Waals surface area contributed by atoms with Gasteiger partial charge in [0.1, 0.15) is 6.33 Å². The van der Waals surface area contributed by atoms with Crippen molar-refractivity contribution >= 4 is 16.9 Å². The van der Waals surface area contributed by atoms with Gasteiger partial charge in [-0.15, -0.1) is 10.2 Å². The first-order valence-electron chi connectivity index (χ1n) is 6.23. The first-order chi connectivity index (χ1) is 9.65. The van der Waals surface area contributed by atoms with Crippen LogP contribution in [0.4, 0.5) is 0 Å². The molecule has 3 aromatic rings. The third-order valence-corrected chi connectivity index (χ3v) is 3.16. The van der Waals surface area contributed by atoms with E-state index in [1.807, 2.05) is 20.0 Å². The van der Waals surface area contributed by atoms with E-state index < -0.39 is 0 Å². The van der Waals surface area contributed by atoms with Gasteiger partial charge in [0, 0.05) is 12.6 Å². The van der Waals surface area contributed by atoms with Crippen LogP contribution >= 0.6 is 0 Å². The van der Waals surface area contributed by atoms with Gasteiger partial charge < -0.3 is 14.9 Å². The molecule has 102 valence electrons. The fourth-order valence-corrected chi connectivity index (χ4v) is 2.11. The molecule has 2 N–H and O–H groups in total. The smallest absolute Gasteiger partial charge is 0.251 e. The zero-order chi connectivity index (χ0) is 14.1. The summed E-state index contributed by atoms with van der Waals surface area (Å²) >= 11 is 0. The highest BCUT2D eigenvalue weighted by atomic mass is 16.1. The highest BCUT2D eigenvalue weighted by Crippen LogP contribution is 2.13. The molecular formula is C13H14N6O. The van der Waals surface area contributed by atoms with Crippen molar-refractivity contribution in [2.24, 2.45) is 7.05 Å². The molecule has 0 radical (unpaired) electrons. The van der Waals surface area contributed by atoms with Gasteiger partial charge in [0.2, 0.25) is 0 Å². The zero-order valence-electron chi connectivity index (χ0n) is 11.2. The number of nitrogens with zero attached hydrogens (tertiary/aromatic N) is 4. The monoisotopic (exact) mass is 270 g/mol. The average molecular weight is 270 g/mol. The molecule has 0 fully saturated rings. The van der Waals surface area contributed by atoms with Gasteiger partial charge in [-0.25, -0.2) is 4.98 Å². The Morgan fingerprint density at radius 3 is 3.05 bits per heavy atom. The molecule has 2 aromatic heterocycles. The Balaban J connectivity index is 1.80. The summed E-state index contributed by atoms with van der Waals surface area (Å²) in [5.74, 6) is 0.554. The number of carbonyl (C=O) groups is 1. The number of H-pyrrole nitrogens is 1. The minimum absolute atomic E-state index is 0.156. The van der Waals surface area contributed by atoms with Crippen LogP contribution in [0, 0.1) is 0 Å². The summed E-state index contributed by atoms with van der Waals surface area (Å²) in [6, 6.07) is 5.13. The van der Waals surface area contributed by atoms with Crippen molar-refractivity contribution < 1.29 is 4.79 Å². The number of amides is 1. The molecule has 7 nitrogen and oxygen atoms in total. The molecule has 3 rings (SSSR count). The van der Waals surface area contributed by atoms with Crippen LogP contribution in [0.2, 0.25) is 0 Å². The van der Waals surface area contributed by atoms with E-state index in [1.54, 1.807) is 29.4 Å². The summed E-state index contributed by atoms with van der Waals surface area (Å²) < 4.78 is 1.78. The summed E-state index contributed by atoms with van der Waals surface area (Å²) in [5, 5.41) is 10.7. The molecule has 0 aliphatic heterocycles. The number of benzene rings is 1. The maximum atomic E-state index is 12.2. The van der Waals surface area contributed by atoms with E-state index in [0.717, 1.165) is 11.0 Å². The van der Waals surface area contributed by atoms with Crippen molar-refractivity contribution in [2.45, 2.75) is 13.0 Å². The molecule has 0 aliphatic rings. The van der Waals surface area contributed by atoms with Gasteiger partial charge in [-0.05, 0) is 25.1 Å². The van der Waals surface area contributed by atoms with E-state index in [4.69, 9.17) is 0 Å². The molecule has 1 amide bonds. The Hall–Kier alpha value is -2.70. The number of hydrogen-bond donors (Lipinski definition) is 2. The van der Waals surface area contributed by atoms with Crippen molar-refractivity contribution in [3.8, 4) is 0 Å². The maximum Gasteiger partial charge on any atom is 0.251 e. The molecule has 20 heavy (non-hydrogen) atoms. The molecule has 0 spiro atoms. The van der Waals surface area contributed by atoms with Gasteiger partial charge in [0.25, 0.3) is 5.91 Å². The molecule has 0 saturated carbocycles. The van der Waals surface area contributed by atoms with Crippen LogP contribution in [-0.4, -0.2) is 30.6 Å². The Morgan fingerprint density at radius 2 is 2.30 bits per heavy atom. The minimum atomic E-state index is -0.215. The zero-order valence-corrected chi connectivity index (χ0v) is 11.2. The van der Waals surface area contributed by atoms with Crippen molar-refractivity contribution in [1.29, 1.82) is 0 Å². The number of carbonyl (C=O) groups excluding carboxylic acids is 1. The summed E-state index contributed by atoms with van der Waals surface area (Å²) in [4.78, 5) is 19.3. The molecular weight excluding hydrogens is 256 g/mol. The fraction of sp³-hybridized carbons (Fsp3) is 0.231. The standard InChI is InChI=1S/C13H14N6O/c1-8(12-18-16-7-19(12)2)17-13(20)9-3-4-10-11(5-9)15-6-14-10/h3-8H,1-2H3,(H,14,15)(H,17,20). The van der Waals surface area contributed by atoms with Gasteiger partial charge in [0.05, 0.1) is 23.4 Å². The number of rotatable bonds is 3. The third kappa shape index (κ3) is 2.13. The molecule has 2 heterocycles. The van der Waals surface area contributed by atoms with Crippen LogP contribution in [0.25, 0.3) is 11.0 Å². The number of hydrogen-bond acceptors (Lipinski definition) is 4. The Labute approximate surface area is 115 Å². The second-order valence-corrected chi connectivity index (χ2v) is 4.63. The molecule has 0 aliphatic carbocycles. The second kappa shape index (κ2) is 4.76. The van der Waals surface area contributed by atoms with Crippen LogP contribution in [-0.2, 0) is 7.05 Å². The van der Waals surface area contributed by atoms with Crippen LogP contribution in [0.15, 0.2) is 30.9 Å². The van der Waals surface area contributed by atoms with Gasteiger partial charge in [-0.3, -0.25) is 4.79 Å². The minimum Gasteiger partial charge on any atom is -0.345 e. The van der Waals surface area contributed by atoms with E-state index in [1.165, 1.54) is 0 Å². The number of aromatic nitrogens is 5. The van der Waals surface area contributed by atoms with E-state index in [-0.39, 0.29) is 11.9 Å². The van der Waals surface area contributed by atoms with Crippen molar-refractivity contribution in [3.63, 3.8) is 0 Å². The first kappa shape index (κ1) is 12.3. The molecule has 1 unspecified atom stereocenters. The first-order valence-corrected chi connectivity index (χ1v) is 6.23. The Morgan fingerprint density at radius 1 is 1.45 bits per heavy atom. The molecule has 1 aromatic carbocycles. The highest BCUT2D eigenvalue weighted by molar-refractivity contribution is 5.97. The van der Waals surface area contributed by atoms with Gasteiger partial charge in [-0.2, -0.15) is 0 Å². The third-order valence-electron chi connectivity index (χ3n) is 3.16. The van der Waals surface area contributed by atoms with Crippen LogP contribution in [0.3, 0.4) is 0 Å². The lowest BCUT2D eigenvalue weighted by molar-refractivity contribution is 0.0938. The van der Waals surface area contributed by atoms with Crippen LogP contribution in [0.5, 0.6) is 0 Å². The van der Waals surface area contributed by atoms with Crippen molar-refractivity contribution in [3.05, 3.63) is 42.2 Å².